The van der Waals surface area contributed by atoms with E-state index in [9.17, 15) is 4.79 Å². The molecule has 9 nitrogen and oxygen atoms in total. The predicted octanol–water partition coefficient (Wildman–Crippen LogP) is 6.87. The van der Waals surface area contributed by atoms with Crippen LogP contribution in [0.15, 0.2) is 87.3 Å². The SMILES string of the molecule is COc1cc(Sc2cccnc2)c(C(=O)Nc2ccc(CCN3CCc4c(oc5cc(OC)c(OC)cc45)C3)cc2)cc1OC. The monoisotopic (exact) mass is 625 g/mol. The molecule has 0 radical (unpaired) electrons. The highest BCUT2D eigenvalue weighted by molar-refractivity contribution is 7.99. The lowest BCUT2D eigenvalue weighted by Gasteiger charge is -2.26. The Hall–Kier alpha value is -4.67. The number of benzene rings is 3. The van der Waals surface area contributed by atoms with Crippen LogP contribution in [0.25, 0.3) is 11.0 Å². The summed E-state index contributed by atoms with van der Waals surface area (Å²) in [6.07, 6.45) is 5.28. The second kappa shape index (κ2) is 13.5. The highest BCUT2D eigenvalue weighted by Gasteiger charge is 2.24. The minimum atomic E-state index is -0.236. The van der Waals surface area contributed by atoms with Crippen molar-refractivity contribution in [3.05, 3.63) is 95.5 Å². The van der Waals surface area contributed by atoms with Crippen LogP contribution in [0.3, 0.4) is 0 Å². The van der Waals surface area contributed by atoms with Gasteiger partial charge in [0.15, 0.2) is 23.0 Å². The lowest BCUT2D eigenvalue weighted by molar-refractivity contribution is 0.102. The Kier molecular flexibility index (Phi) is 9.13. The topological polar surface area (TPSA) is 95.3 Å². The molecule has 0 atom stereocenters. The molecule has 3 aromatic carbocycles. The van der Waals surface area contributed by atoms with Crippen molar-refractivity contribution in [3.8, 4) is 23.0 Å². The quantitative estimate of drug-likeness (QED) is 0.169. The Morgan fingerprint density at radius 1 is 0.933 bits per heavy atom. The number of hydrogen-bond acceptors (Lipinski definition) is 9. The number of pyridine rings is 1. The van der Waals surface area contributed by atoms with Gasteiger partial charge in [-0.1, -0.05) is 23.9 Å². The maximum atomic E-state index is 13.5. The summed E-state index contributed by atoms with van der Waals surface area (Å²) in [5.74, 6) is 3.18. The fourth-order valence-corrected chi connectivity index (χ4v) is 6.51. The standard InChI is InChI=1S/C35H35N3O6S/c1-40-29-16-26-25-12-15-38(21-33(25)44-28(26)18-31(29)42-3)14-11-22-7-9-23(10-8-22)37-35(39)27-17-30(41-2)32(43-4)19-34(27)45-24-6-5-13-36-20-24/h5-10,13,16-20H,11-12,14-15,21H2,1-4H3,(H,37,39). The molecular formula is C35H35N3O6S. The van der Waals surface area contributed by atoms with E-state index in [0.717, 1.165) is 59.0 Å². The number of rotatable bonds is 11. The van der Waals surface area contributed by atoms with Crippen LogP contribution in [0.2, 0.25) is 0 Å². The van der Waals surface area contributed by atoms with Crippen molar-refractivity contribution < 1.29 is 28.2 Å². The van der Waals surface area contributed by atoms with Crippen LogP contribution in [0.4, 0.5) is 5.69 Å². The molecule has 0 bridgehead atoms. The fourth-order valence-electron chi connectivity index (χ4n) is 5.57. The summed E-state index contributed by atoms with van der Waals surface area (Å²) >= 11 is 1.44. The van der Waals surface area contributed by atoms with Gasteiger partial charge in [0, 0.05) is 58.0 Å². The van der Waals surface area contributed by atoms with Gasteiger partial charge in [0.1, 0.15) is 11.3 Å². The third-order valence-electron chi connectivity index (χ3n) is 7.95. The average Bonchev–Trinajstić information content (AvgIpc) is 3.44. The van der Waals surface area contributed by atoms with Crippen LogP contribution in [0.5, 0.6) is 23.0 Å². The first kappa shape index (κ1) is 30.4. The summed E-state index contributed by atoms with van der Waals surface area (Å²) in [4.78, 5) is 21.7. The number of hydrogen-bond donors (Lipinski definition) is 1. The lowest BCUT2D eigenvalue weighted by Crippen LogP contribution is -2.31. The van der Waals surface area contributed by atoms with Crippen molar-refractivity contribution >= 4 is 34.3 Å². The lowest BCUT2D eigenvalue weighted by atomic mass is 10.0. The predicted molar refractivity (Wildman–Crippen MR) is 174 cm³/mol. The van der Waals surface area contributed by atoms with Gasteiger partial charge >= 0.3 is 0 Å². The number of carbonyl (C=O) groups excluding carboxylic acids is 1. The zero-order chi connectivity index (χ0) is 31.3. The number of nitrogens with zero attached hydrogens (tertiary/aromatic N) is 2. The van der Waals surface area contributed by atoms with Crippen molar-refractivity contribution in [2.45, 2.75) is 29.2 Å². The molecule has 0 fully saturated rings. The fraction of sp³-hybridized carbons (Fsp3) is 0.257. The first-order chi connectivity index (χ1) is 22.0. The van der Waals surface area contributed by atoms with Crippen molar-refractivity contribution in [1.82, 2.24) is 9.88 Å². The van der Waals surface area contributed by atoms with E-state index in [-0.39, 0.29) is 5.91 Å². The Morgan fingerprint density at radius 2 is 1.64 bits per heavy atom. The van der Waals surface area contributed by atoms with Gasteiger partial charge in [-0.3, -0.25) is 14.7 Å². The molecule has 45 heavy (non-hydrogen) atoms. The van der Waals surface area contributed by atoms with Gasteiger partial charge < -0.3 is 28.7 Å². The second-order valence-electron chi connectivity index (χ2n) is 10.6. The third-order valence-corrected chi connectivity index (χ3v) is 8.98. The number of nitrogens with one attached hydrogen (secondary N) is 1. The number of anilines is 1. The zero-order valence-corrected chi connectivity index (χ0v) is 26.5. The first-order valence-corrected chi connectivity index (χ1v) is 15.4. The third kappa shape index (κ3) is 6.57. The molecule has 1 amide bonds. The highest BCUT2D eigenvalue weighted by atomic mass is 32.2. The van der Waals surface area contributed by atoms with Crippen LogP contribution in [-0.2, 0) is 19.4 Å². The summed E-state index contributed by atoms with van der Waals surface area (Å²) in [7, 11) is 6.42. The van der Waals surface area contributed by atoms with Gasteiger partial charge in [-0.05, 0) is 60.9 Å². The van der Waals surface area contributed by atoms with Crippen molar-refractivity contribution in [3.63, 3.8) is 0 Å². The number of ether oxygens (including phenoxy) is 4. The maximum absolute atomic E-state index is 13.5. The molecule has 1 aliphatic rings. The minimum absolute atomic E-state index is 0.236. The van der Waals surface area contributed by atoms with Crippen LogP contribution in [0, 0.1) is 0 Å². The second-order valence-corrected chi connectivity index (χ2v) is 11.7. The van der Waals surface area contributed by atoms with E-state index in [1.807, 2.05) is 42.5 Å². The highest BCUT2D eigenvalue weighted by Crippen LogP contribution is 2.40. The molecule has 0 saturated carbocycles. The molecule has 3 heterocycles. The van der Waals surface area contributed by atoms with Crippen molar-refractivity contribution in [2.75, 3.05) is 46.8 Å². The van der Waals surface area contributed by atoms with E-state index in [2.05, 4.69) is 27.3 Å². The van der Waals surface area contributed by atoms with Crippen LogP contribution in [0.1, 0.15) is 27.2 Å². The summed E-state index contributed by atoms with van der Waals surface area (Å²) in [6, 6.07) is 19.3. The van der Waals surface area contributed by atoms with Gasteiger partial charge in [-0.15, -0.1) is 0 Å². The largest absolute Gasteiger partial charge is 0.493 e. The number of fused-ring (bicyclic) bond motifs is 3. The van der Waals surface area contributed by atoms with E-state index >= 15 is 0 Å². The Bertz CT molecular complexity index is 1810. The summed E-state index contributed by atoms with van der Waals surface area (Å²) in [5, 5.41) is 4.13. The molecule has 0 unspecified atom stereocenters. The number of methoxy groups -OCH3 is 4. The first-order valence-electron chi connectivity index (χ1n) is 14.6. The number of carbonyl (C=O) groups is 1. The van der Waals surface area contributed by atoms with E-state index in [0.29, 0.717) is 34.2 Å². The van der Waals surface area contributed by atoms with Gasteiger partial charge in [-0.2, -0.15) is 0 Å². The summed E-state index contributed by atoms with van der Waals surface area (Å²) in [5.41, 5.74) is 4.47. The van der Waals surface area contributed by atoms with Gasteiger partial charge in [0.2, 0.25) is 0 Å². The molecule has 5 aromatic rings. The van der Waals surface area contributed by atoms with Gasteiger partial charge in [-0.25, -0.2) is 0 Å². The molecule has 0 aliphatic carbocycles. The van der Waals surface area contributed by atoms with E-state index in [1.54, 1.807) is 46.9 Å². The van der Waals surface area contributed by atoms with Crippen molar-refractivity contribution in [2.24, 2.45) is 0 Å². The van der Waals surface area contributed by atoms with E-state index in [1.165, 1.54) is 22.9 Å². The molecule has 1 aliphatic heterocycles. The zero-order valence-electron chi connectivity index (χ0n) is 25.7. The maximum Gasteiger partial charge on any atom is 0.256 e. The molecular weight excluding hydrogens is 590 g/mol. The summed E-state index contributed by atoms with van der Waals surface area (Å²) in [6.45, 7) is 2.61. The summed E-state index contributed by atoms with van der Waals surface area (Å²) < 4.78 is 28.2. The van der Waals surface area contributed by atoms with Crippen LogP contribution >= 0.6 is 11.8 Å². The number of aromatic nitrogens is 1. The Balaban J connectivity index is 1.10. The molecule has 1 N–H and O–H groups in total. The molecule has 2 aromatic heterocycles. The minimum Gasteiger partial charge on any atom is -0.493 e. The Labute approximate surface area is 266 Å². The molecule has 6 rings (SSSR count). The van der Waals surface area contributed by atoms with E-state index in [4.69, 9.17) is 23.4 Å². The van der Waals surface area contributed by atoms with Crippen molar-refractivity contribution in [1.29, 1.82) is 0 Å². The normalized spacial score (nSPS) is 12.9. The molecule has 232 valence electrons. The molecule has 0 saturated heterocycles. The van der Waals surface area contributed by atoms with Gasteiger partial charge in [0.25, 0.3) is 5.91 Å². The Morgan fingerprint density at radius 3 is 2.36 bits per heavy atom. The number of amides is 1. The van der Waals surface area contributed by atoms with Gasteiger partial charge in [0.05, 0.1) is 40.5 Å². The van der Waals surface area contributed by atoms with Crippen LogP contribution in [-0.4, -0.2) is 57.3 Å². The molecule has 0 spiro atoms. The average molecular weight is 626 g/mol. The smallest absolute Gasteiger partial charge is 0.256 e. The number of furan rings is 1. The molecule has 10 heteroatoms. The van der Waals surface area contributed by atoms with E-state index < -0.39 is 0 Å². The van der Waals surface area contributed by atoms with Crippen LogP contribution < -0.4 is 24.3 Å².